The molecule has 1 atom stereocenters. The summed E-state index contributed by atoms with van der Waals surface area (Å²) < 4.78 is 0. The van der Waals surface area contributed by atoms with Crippen molar-refractivity contribution in [3.63, 3.8) is 0 Å². The standard InChI is InChI=1S/C11H14N4OS2/c1-8(11-12-7-13-15-11)14-10(16)6-17-5-9-3-2-4-18-9/h2-4,7-8H,5-6H2,1H3,(H,14,16)(H,12,13,15). The van der Waals surface area contributed by atoms with Gasteiger partial charge in [-0.25, -0.2) is 4.98 Å². The summed E-state index contributed by atoms with van der Waals surface area (Å²) in [5, 5.41) is 11.4. The molecule has 5 nitrogen and oxygen atoms in total. The van der Waals surface area contributed by atoms with Gasteiger partial charge in [0.1, 0.15) is 12.2 Å². The maximum atomic E-state index is 11.7. The number of carbonyl (C=O) groups is 1. The van der Waals surface area contributed by atoms with Gasteiger partial charge in [0.2, 0.25) is 5.91 Å². The number of thiophene rings is 1. The average Bonchev–Trinajstić information content (AvgIpc) is 3.02. The van der Waals surface area contributed by atoms with Gasteiger partial charge in [-0.15, -0.1) is 23.1 Å². The second-order valence-corrected chi connectivity index (χ2v) is 5.75. The Morgan fingerprint density at radius 2 is 2.56 bits per heavy atom. The van der Waals surface area contributed by atoms with Crippen molar-refractivity contribution in [3.8, 4) is 0 Å². The Kier molecular flexibility index (Phi) is 4.77. The molecule has 0 aromatic carbocycles. The molecule has 0 fully saturated rings. The monoisotopic (exact) mass is 282 g/mol. The topological polar surface area (TPSA) is 70.7 Å². The Balaban J connectivity index is 1.69. The molecule has 2 aromatic rings. The smallest absolute Gasteiger partial charge is 0.230 e. The maximum absolute atomic E-state index is 11.7. The minimum absolute atomic E-state index is 0.0143. The fourth-order valence-electron chi connectivity index (χ4n) is 1.41. The van der Waals surface area contributed by atoms with E-state index in [2.05, 4.69) is 26.6 Å². The number of H-pyrrole nitrogens is 1. The third kappa shape index (κ3) is 3.85. The van der Waals surface area contributed by atoms with Gasteiger partial charge in [-0.05, 0) is 18.4 Å². The molecule has 1 unspecified atom stereocenters. The summed E-state index contributed by atoms with van der Waals surface area (Å²) in [7, 11) is 0. The van der Waals surface area contributed by atoms with Crippen LogP contribution in [0.15, 0.2) is 23.8 Å². The summed E-state index contributed by atoms with van der Waals surface area (Å²) >= 11 is 3.32. The van der Waals surface area contributed by atoms with Gasteiger partial charge in [0.15, 0.2) is 0 Å². The first-order valence-electron chi connectivity index (χ1n) is 5.50. The van der Waals surface area contributed by atoms with Crippen molar-refractivity contribution in [1.29, 1.82) is 0 Å². The number of aromatic nitrogens is 3. The zero-order chi connectivity index (χ0) is 12.8. The van der Waals surface area contributed by atoms with Crippen molar-refractivity contribution in [1.82, 2.24) is 20.5 Å². The van der Waals surface area contributed by atoms with E-state index in [1.54, 1.807) is 23.1 Å². The Morgan fingerprint density at radius 1 is 1.67 bits per heavy atom. The highest BCUT2D eigenvalue weighted by atomic mass is 32.2. The van der Waals surface area contributed by atoms with Crippen LogP contribution in [0.3, 0.4) is 0 Å². The van der Waals surface area contributed by atoms with E-state index in [-0.39, 0.29) is 11.9 Å². The number of amides is 1. The molecule has 2 rings (SSSR count). The minimum atomic E-state index is -0.137. The molecule has 0 aliphatic carbocycles. The molecule has 0 saturated carbocycles. The summed E-state index contributed by atoms with van der Waals surface area (Å²) in [5.41, 5.74) is 0. The zero-order valence-corrected chi connectivity index (χ0v) is 11.6. The van der Waals surface area contributed by atoms with E-state index in [9.17, 15) is 4.79 Å². The van der Waals surface area contributed by atoms with Crippen LogP contribution < -0.4 is 5.32 Å². The molecule has 0 saturated heterocycles. The van der Waals surface area contributed by atoms with Gasteiger partial charge in [-0.3, -0.25) is 9.89 Å². The van der Waals surface area contributed by atoms with Gasteiger partial charge >= 0.3 is 0 Å². The van der Waals surface area contributed by atoms with Crippen molar-refractivity contribution >= 4 is 29.0 Å². The van der Waals surface area contributed by atoms with Gasteiger partial charge in [0.05, 0.1) is 11.8 Å². The Hall–Kier alpha value is -1.34. The molecule has 0 bridgehead atoms. The summed E-state index contributed by atoms with van der Waals surface area (Å²) in [6, 6.07) is 3.96. The second-order valence-electron chi connectivity index (χ2n) is 3.73. The summed E-state index contributed by atoms with van der Waals surface area (Å²) in [5.74, 6) is 2.02. The van der Waals surface area contributed by atoms with Gasteiger partial charge in [0, 0.05) is 10.6 Å². The van der Waals surface area contributed by atoms with Gasteiger partial charge in [-0.1, -0.05) is 6.07 Å². The Labute approximate surface area is 113 Å². The molecule has 18 heavy (non-hydrogen) atoms. The van der Waals surface area contributed by atoms with Crippen LogP contribution in [-0.4, -0.2) is 26.8 Å². The van der Waals surface area contributed by atoms with Crippen LogP contribution in [0.1, 0.15) is 23.7 Å². The van der Waals surface area contributed by atoms with Crippen LogP contribution in [0, 0.1) is 0 Å². The van der Waals surface area contributed by atoms with Crippen LogP contribution in [0.5, 0.6) is 0 Å². The lowest BCUT2D eigenvalue weighted by atomic mass is 10.3. The van der Waals surface area contributed by atoms with Crippen LogP contribution >= 0.6 is 23.1 Å². The van der Waals surface area contributed by atoms with Crippen molar-refractivity contribution in [2.24, 2.45) is 0 Å². The number of hydrogen-bond donors (Lipinski definition) is 2. The molecule has 1 amide bonds. The second kappa shape index (κ2) is 6.55. The first-order valence-corrected chi connectivity index (χ1v) is 7.54. The molecule has 2 N–H and O–H groups in total. The van der Waals surface area contributed by atoms with Crippen molar-refractivity contribution in [3.05, 3.63) is 34.5 Å². The summed E-state index contributed by atoms with van der Waals surface area (Å²) in [4.78, 5) is 17.0. The van der Waals surface area contributed by atoms with E-state index < -0.39 is 0 Å². The highest BCUT2D eigenvalue weighted by Gasteiger charge is 2.11. The molecule has 2 heterocycles. The Morgan fingerprint density at radius 3 is 3.22 bits per heavy atom. The van der Waals surface area contributed by atoms with Crippen molar-refractivity contribution < 1.29 is 4.79 Å². The summed E-state index contributed by atoms with van der Waals surface area (Å²) in [6.45, 7) is 1.88. The number of carbonyl (C=O) groups excluding carboxylic acids is 1. The van der Waals surface area contributed by atoms with E-state index in [0.29, 0.717) is 11.6 Å². The lowest BCUT2D eigenvalue weighted by Crippen LogP contribution is -2.28. The van der Waals surface area contributed by atoms with Crippen LogP contribution in [-0.2, 0) is 10.5 Å². The molecule has 0 radical (unpaired) electrons. The molecule has 7 heteroatoms. The molecular formula is C11H14N4OS2. The zero-order valence-electron chi connectivity index (χ0n) is 9.92. The highest BCUT2D eigenvalue weighted by molar-refractivity contribution is 7.99. The average molecular weight is 282 g/mol. The number of aromatic amines is 1. The number of hydrogen-bond acceptors (Lipinski definition) is 5. The number of rotatable bonds is 6. The van der Waals surface area contributed by atoms with Crippen molar-refractivity contribution in [2.75, 3.05) is 5.75 Å². The molecular weight excluding hydrogens is 268 g/mol. The third-order valence-corrected chi connectivity index (χ3v) is 4.32. The van der Waals surface area contributed by atoms with E-state index in [1.165, 1.54) is 11.2 Å². The lowest BCUT2D eigenvalue weighted by Gasteiger charge is -2.10. The predicted molar refractivity (Wildman–Crippen MR) is 73.4 cm³/mol. The quantitative estimate of drug-likeness (QED) is 0.850. The first kappa shape index (κ1) is 13.1. The highest BCUT2D eigenvalue weighted by Crippen LogP contribution is 2.17. The van der Waals surface area contributed by atoms with Crippen LogP contribution in [0.25, 0.3) is 0 Å². The molecule has 0 aliphatic rings. The van der Waals surface area contributed by atoms with Crippen molar-refractivity contribution in [2.45, 2.75) is 18.7 Å². The largest absolute Gasteiger partial charge is 0.346 e. The maximum Gasteiger partial charge on any atom is 0.230 e. The third-order valence-electron chi connectivity index (χ3n) is 2.28. The SMILES string of the molecule is CC(NC(=O)CSCc1cccs1)c1ncn[nH]1. The van der Waals surface area contributed by atoms with Gasteiger partial charge in [0.25, 0.3) is 0 Å². The fraction of sp³-hybridized carbons (Fsp3) is 0.364. The number of nitrogens with zero attached hydrogens (tertiary/aromatic N) is 2. The Bertz CT molecular complexity index is 469. The normalized spacial score (nSPS) is 12.3. The van der Waals surface area contributed by atoms with Crippen LogP contribution in [0.2, 0.25) is 0 Å². The van der Waals surface area contributed by atoms with E-state index in [0.717, 1.165) is 5.75 Å². The van der Waals surface area contributed by atoms with E-state index >= 15 is 0 Å². The predicted octanol–water partition coefficient (Wildman–Crippen LogP) is 1.98. The van der Waals surface area contributed by atoms with E-state index in [4.69, 9.17) is 0 Å². The minimum Gasteiger partial charge on any atom is -0.346 e. The summed E-state index contributed by atoms with van der Waals surface area (Å²) in [6.07, 6.45) is 1.43. The molecule has 0 aliphatic heterocycles. The first-order chi connectivity index (χ1) is 8.75. The van der Waals surface area contributed by atoms with Gasteiger partial charge in [-0.2, -0.15) is 5.10 Å². The number of thioether (sulfide) groups is 1. The lowest BCUT2D eigenvalue weighted by molar-refractivity contribution is -0.119. The number of nitrogens with one attached hydrogen (secondary N) is 2. The molecule has 96 valence electrons. The van der Waals surface area contributed by atoms with E-state index in [1.807, 2.05) is 18.4 Å². The molecule has 0 spiro atoms. The fourth-order valence-corrected chi connectivity index (χ4v) is 3.09. The van der Waals surface area contributed by atoms with Crippen LogP contribution in [0.4, 0.5) is 0 Å². The van der Waals surface area contributed by atoms with Gasteiger partial charge < -0.3 is 5.32 Å². The molecule has 2 aromatic heterocycles.